The molecule has 2 nitrogen and oxygen atoms in total. The molecule has 0 atom stereocenters. The molecule has 0 bridgehead atoms. The summed E-state index contributed by atoms with van der Waals surface area (Å²) in [4.78, 5) is 0. The van der Waals surface area contributed by atoms with E-state index in [1.54, 1.807) is 20.8 Å². The molecule has 0 fully saturated rings. The summed E-state index contributed by atoms with van der Waals surface area (Å²) in [6.45, 7) is 19.9. The summed E-state index contributed by atoms with van der Waals surface area (Å²) in [5.41, 5.74) is 0.0481. The van der Waals surface area contributed by atoms with E-state index in [1.165, 1.54) is 0 Å². The molecular formula is C15H32O2S. The van der Waals surface area contributed by atoms with Gasteiger partial charge >= 0.3 is 0 Å². The normalized spacial score (nSPS) is 15.9. The van der Waals surface area contributed by atoms with E-state index in [1.807, 2.05) is 13.8 Å². The monoisotopic (exact) mass is 276 g/mol. The van der Waals surface area contributed by atoms with Crippen LogP contribution in [-0.4, -0.2) is 17.9 Å². The zero-order chi connectivity index (χ0) is 15.2. The molecule has 0 aromatic carbocycles. The lowest BCUT2D eigenvalue weighted by molar-refractivity contribution is 0.107. The van der Waals surface area contributed by atoms with E-state index in [4.69, 9.17) is 0 Å². The highest BCUT2D eigenvalue weighted by Gasteiger charge is 2.48. The van der Waals surface area contributed by atoms with Crippen LogP contribution in [0.2, 0.25) is 0 Å². The maximum atomic E-state index is 12.7. The minimum Gasteiger partial charge on any atom is -0.228 e. The Labute approximate surface area is 114 Å². The van der Waals surface area contributed by atoms with E-state index in [2.05, 4.69) is 34.6 Å². The second-order valence-corrected chi connectivity index (χ2v) is 12.0. The van der Waals surface area contributed by atoms with Gasteiger partial charge in [-0.25, -0.2) is 8.42 Å². The van der Waals surface area contributed by atoms with E-state index in [9.17, 15) is 8.42 Å². The fourth-order valence-electron chi connectivity index (χ4n) is 2.25. The molecule has 0 heterocycles. The third-order valence-electron chi connectivity index (χ3n) is 4.43. The smallest absolute Gasteiger partial charge is 0.160 e. The van der Waals surface area contributed by atoms with Gasteiger partial charge in [0.2, 0.25) is 0 Å². The molecule has 0 spiro atoms. The van der Waals surface area contributed by atoms with Gasteiger partial charge in [0.25, 0.3) is 0 Å². The Bertz CT molecular complexity index is 387. The maximum absolute atomic E-state index is 12.7. The fraction of sp³-hybridized carbons (Fsp3) is 1.00. The minimum absolute atomic E-state index is 0.0329. The predicted octanol–water partition coefficient (Wildman–Crippen LogP) is 4.44. The van der Waals surface area contributed by atoms with Crippen molar-refractivity contribution in [3.05, 3.63) is 0 Å². The first-order chi connectivity index (χ1) is 7.46. The van der Waals surface area contributed by atoms with E-state index in [0.717, 1.165) is 0 Å². The molecule has 110 valence electrons. The summed E-state index contributed by atoms with van der Waals surface area (Å²) in [6, 6.07) is 0. The lowest BCUT2D eigenvalue weighted by atomic mass is 9.65. The minimum atomic E-state index is -3.17. The average molecular weight is 276 g/mol. The zero-order valence-corrected chi connectivity index (χ0v) is 14.7. The molecule has 0 N–H and O–H groups in total. The molecule has 0 aliphatic heterocycles. The summed E-state index contributed by atoms with van der Waals surface area (Å²) in [5.74, 6) is 0. The van der Waals surface area contributed by atoms with Crippen molar-refractivity contribution in [2.45, 2.75) is 85.2 Å². The van der Waals surface area contributed by atoms with Crippen molar-refractivity contribution in [2.75, 3.05) is 0 Å². The highest BCUT2D eigenvalue weighted by Crippen LogP contribution is 2.47. The first-order valence-corrected chi connectivity index (χ1v) is 8.18. The SMILES string of the molecule is CC(C)(C)C(C)(C)CC(C)(C)S(=O)(=O)C(C)(C)C. The van der Waals surface area contributed by atoms with Gasteiger partial charge in [0.15, 0.2) is 9.84 Å². The van der Waals surface area contributed by atoms with Gasteiger partial charge in [-0.2, -0.15) is 0 Å². The summed E-state index contributed by atoms with van der Waals surface area (Å²) in [7, 11) is -3.17. The van der Waals surface area contributed by atoms with Crippen molar-refractivity contribution in [2.24, 2.45) is 10.8 Å². The van der Waals surface area contributed by atoms with E-state index >= 15 is 0 Å². The average Bonchev–Trinajstić information content (AvgIpc) is 1.96. The quantitative estimate of drug-likeness (QED) is 0.763. The van der Waals surface area contributed by atoms with Gasteiger partial charge in [-0.05, 0) is 51.9 Å². The second-order valence-electron chi connectivity index (χ2n) is 8.69. The van der Waals surface area contributed by atoms with Gasteiger partial charge in [0.05, 0.1) is 9.49 Å². The first-order valence-electron chi connectivity index (χ1n) is 6.70. The summed E-state index contributed by atoms with van der Waals surface area (Å²) in [5, 5.41) is 0. The van der Waals surface area contributed by atoms with Gasteiger partial charge in [-0.3, -0.25) is 0 Å². The Hall–Kier alpha value is -0.0500. The van der Waals surface area contributed by atoms with Crippen LogP contribution in [0.4, 0.5) is 0 Å². The number of hydrogen-bond acceptors (Lipinski definition) is 2. The van der Waals surface area contributed by atoms with Gasteiger partial charge in [-0.1, -0.05) is 34.6 Å². The van der Waals surface area contributed by atoms with Crippen molar-refractivity contribution >= 4 is 9.84 Å². The highest BCUT2D eigenvalue weighted by atomic mass is 32.2. The van der Waals surface area contributed by atoms with Crippen LogP contribution in [-0.2, 0) is 9.84 Å². The molecule has 0 aliphatic rings. The summed E-state index contributed by atoms with van der Waals surface area (Å²) < 4.78 is 23.9. The van der Waals surface area contributed by atoms with Crippen molar-refractivity contribution < 1.29 is 8.42 Å². The molecule has 0 radical (unpaired) electrons. The molecule has 0 aromatic rings. The second kappa shape index (κ2) is 4.50. The summed E-state index contributed by atoms with van der Waals surface area (Å²) >= 11 is 0. The highest BCUT2D eigenvalue weighted by molar-refractivity contribution is 7.94. The Morgan fingerprint density at radius 2 is 1.06 bits per heavy atom. The third-order valence-corrected chi connectivity index (χ3v) is 7.64. The Morgan fingerprint density at radius 1 is 0.722 bits per heavy atom. The van der Waals surface area contributed by atoms with Crippen LogP contribution in [0.5, 0.6) is 0 Å². The molecule has 0 unspecified atom stereocenters. The first kappa shape index (κ1) is 17.9. The Kier molecular flexibility index (Phi) is 4.49. The molecule has 0 rings (SSSR count). The van der Waals surface area contributed by atoms with Crippen molar-refractivity contribution in [3.63, 3.8) is 0 Å². The van der Waals surface area contributed by atoms with Gasteiger partial charge < -0.3 is 0 Å². The molecular weight excluding hydrogens is 244 g/mol. The Morgan fingerprint density at radius 3 is 1.28 bits per heavy atom. The number of hydrogen-bond donors (Lipinski definition) is 0. The molecule has 18 heavy (non-hydrogen) atoms. The topological polar surface area (TPSA) is 34.1 Å². The molecule has 0 aromatic heterocycles. The summed E-state index contributed by atoms with van der Waals surface area (Å²) in [6.07, 6.45) is 0.670. The lowest BCUT2D eigenvalue weighted by Crippen LogP contribution is -2.48. The van der Waals surface area contributed by atoms with E-state index in [-0.39, 0.29) is 10.8 Å². The van der Waals surface area contributed by atoms with Crippen LogP contribution in [0, 0.1) is 10.8 Å². The molecule has 0 aliphatic carbocycles. The van der Waals surface area contributed by atoms with Crippen LogP contribution in [0.3, 0.4) is 0 Å². The standard InChI is InChI=1S/C15H32O2S/c1-12(2,3)14(7,8)11-15(9,10)18(16,17)13(4,5)6/h11H2,1-10H3. The van der Waals surface area contributed by atoms with Gasteiger partial charge in [0.1, 0.15) is 0 Å². The van der Waals surface area contributed by atoms with Crippen LogP contribution in [0.1, 0.15) is 75.7 Å². The van der Waals surface area contributed by atoms with Crippen LogP contribution in [0.25, 0.3) is 0 Å². The maximum Gasteiger partial charge on any atom is 0.160 e. The van der Waals surface area contributed by atoms with Crippen molar-refractivity contribution in [1.82, 2.24) is 0 Å². The predicted molar refractivity (Wildman–Crippen MR) is 80.6 cm³/mol. The largest absolute Gasteiger partial charge is 0.228 e. The molecule has 0 saturated carbocycles. The van der Waals surface area contributed by atoms with Crippen LogP contribution < -0.4 is 0 Å². The van der Waals surface area contributed by atoms with Crippen molar-refractivity contribution in [1.29, 1.82) is 0 Å². The molecule has 3 heteroatoms. The Balaban J connectivity index is 5.48. The van der Waals surface area contributed by atoms with Crippen LogP contribution in [0.15, 0.2) is 0 Å². The third kappa shape index (κ3) is 3.28. The van der Waals surface area contributed by atoms with E-state index < -0.39 is 19.3 Å². The van der Waals surface area contributed by atoms with E-state index in [0.29, 0.717) is 6.42 Å². The fourth-order valence-corrected chi connectivity index (χ4v) is 4.46. The lowest BCUT2D eigenvalue weighted by Gasteiger charge is -2.45. The van der Waals surface area contributed by atoms with Crippen molar-refractivity contribution in [3.8, 4) is 0 Å². The number of rotatable bonds is 3. The molecule has 0 saturated heterocycles. The van der Waals surface area contributed by atoms with Crippen LogP contribution >= 0.6 is 0 Å². The van der Waals surface area contributed by atoms with Gasteiger partial charge in [0, 0.05) is 0 Å². The zero-order valence-electron chi connectivity index (χ0n) is 13.9. The van der Waals surface area contributed by atoms with Gasteiger partial charge in [-0.15, -0.1) is 0 Å². The number of sulfone groups is 1. The molecule has 0 amide bonds.